The van der Waals surface area contributed by atoms with Crippen molar-refractivity contribution in [3.05, 3.63) is 0 Å². The van der Waals surface area contributed by atoms with Crippen molar-refractivity contribution in [1.29, 1.82) is 0 Å². The van der Waals surface area contributed by atoms with Crippen molar-refractivity contribution in [1.82, 2.24) is 5.31 Å². The zero-order valence-corrected chi connectivity index (χ0v) is 4.13. The smallest absolute Gasteiger partial charge is 0.123 e. The largest absolute Gasteiger partial charge is 0.375 e. The Labute approximate surface area is 44.3 Å². The molecule has 2 aliphatic rings. The van der Waals surface area contributed by atoms with Crippen LogP contribution >= 0.6 is 0 Å². The molecule has 0 spiro atoms. The maximum Gasteiger partial charge on any atom is 0.123 e. The van der Waals surface area contributed by atoms with Crippen LogP contribution in [0.2, 0.25) is 1.41 Å². The summed E-state index contributed by atoms with van der Waals surface area (Å²) in [5.41, 5.74) is 0. The number of rotatable bonds is 0. The van der Waals surface area contributed by atoms with Crippen LogP contribution in [0.1, 0.15) is 6.42 Å². The number of morpholine rings is 1. The Morgan fingerprint density at radius 3 is 3.14 bits per heavy atom. The van der Waals surface area contributed by atoms with Gasteiger partial charge in [0.25, 0.3) is 0 Å². The molecule has 0 aliphatic carbocycles. The third-order valence-electron chi connectivity index (χ3n) is 1.63. The van der Waals surface area contributed by atoms with Gasteiger partial charge in [0.05, 0.1) is 12.7 Å². The second-order valence-corrected chi connectivity index (χ2v) is 2.21. The zero-order chi connectivity index (χ0) is 5.56. The topological polar surface area (TPSA) is 21.3 Å². The van der Waals surface area contributed by atoms with Crippen LogP contribution in [0.25, 0.3) is 0 Å². The van der Waals surface area contributed by atoms with Gasteiger partial charge in [0, 0.05) is 12.6 Å². The summed E-state index contributed by atoms with van der Waals surface area (Å²) in [7, 11) is 0. The monoisotopic (exact) mass is 100 g/mol. The molecule has 2 nitrogen and oxygen atoms in total. The van der Waals surface area contributed by atoms with E-state index in [1.165, 1.54) is 0 Å². The van der Waals surface area contributed by atoms with Crippen LogP contribution in [0, 0.1) is 0 Å². The van der Waals surface area contributed by atoms with Crippen LogP contribution in [0.3, 0.4) is 0 Å². The van der Waals surface area contributed by atoms with Crippen LogP contribution < -0.4 is 5.31 Å². The summed E-state index contributed by atoms with van der Waals surface area (Å²) in [4.78, 5) is 0. The molecular weight excluding hydrogens is 90.1 g/mol. The minimum absolute atomic E-state index is 0.387. The number of nitrogens with one attached hydrogen (secondary N) is 1. The molecule has 0 aromatic rings. The van der Waals surface area contributed by atoms with Gasteiger partial charge in [0.15, 0.2) is 0 Å². The van der Waals surface area contributed by atoms with E-state index in [0.717, 1.165) is 19.6 Å². The van der Waals surface area contributed by atoms with Gasteiger partial charge < -0.3 is 10.0 Å². The number of ether oxygens (including phenoxy) is 1. The molecular formula is C5H9NO. The van der Waals surface area contributed by atoms with Crippen LogP contribution in [0.15, 0.2) is 0 Å². The highest BCUT2D eigenvalue weighted by Crippen LogP contribution is 2.17. The Morgan fingerprint density at radius 1 is 1.86 bits per heavy atom. The van der Waals surface area contributed by atoms with E-state index in [-0.39, 0.29) is 0 Å². The fraction of sp³-hybridized carbons (Fsp3) is 1.00. The molecule has 0 unspecified atom stereocenters. The van der Waals surface area contributed by atoms with E-state index in [4.69, 9.17) is 6.15 Å². The van der Waals surface area contributed by atoms with Gasteiger partial charge in [-0.15, -0.1) is 0 Å². The number of fused-ring (bicyclic) bond motifs is 2. The first-order chi connectivity index (χ1) is 3.86. The summed E-state index contributed by atoms with van der Waals surface area (Å²) in [5, 5.41) is 1.63. The van der Waals surface area contributed by atoms with E-state index in [2.05, 4.69) is 0 Å². The first kappa shape index (κ1) is 3.05. The summed E-state index contributed by atoms with van der Waals surface area (Å²) in [6, 6.07) is 0.417. The lowest BCUT2D eigenvalue weighted by Crippen LogP contribution is -2.30. The Kier molecular flexibility index (Phi) is 0.523. The maximum absolute atomic E-state index is 7.27. The van der Waals surface area contributed by atoms with Gasteiger partial charge in [-0.3, -0.25) is 0 Å². The van der Waals surface area contributed by atoms with Gasteiger partial charge in [-0.25, -0.2) is 0 Å². The highest BCUT2D eigenvalue weighted by atomic mass is 16.5. The van der Waals surface area contributed by atoms with E-state index >= 15 is 0 Å². The lowest BCUT2D eigenvalue weighted by atomic mass is 10.3. The molecule has 0 amide bonds. The Bertz CT molecular complexity index is 107. The summed E-state index contributed by atoms with van der Waals surface area (Å²) in [6.07, 6.45) is 1.47. The molecule has 1 N–H and O–H groups in total. The fourth-order valence-corrected chi connectivity index (χ4v) is 1.21. The predicted molar refractivity (Wildman–Crippen MR) is 26.1 cm³/mol. The highest BCUT2D eigenvalue weighted by molar-refractivity contribution is 4.87. The lowest BCUT2D eigenvalue weighted by Gasteiger charge is -2.09. The maximum atomic E-state index is 7.27. The Balaban J connectivity index is 2.11. The van der Waals surface area contributed by atoms with E-state index in [0.29, 0.717) is 12.1 Å². The quantitative estimate of drug-likeness (QED) is 0.453. The summed E-state index contributed by atoms with van der Waals surface area (Å²) in [5.74, 6) is 0. The minimum Gasteiger partial charge on any atom is -0.375 e. The molecule has 7 heavy (non-hydrogen) atoms. The van der Waals surface area contributed by atoms with E-state index in [1.54, 1.807) is 5.31 Å². The molecule has 2 heterocycles. The van der Waals surface area contributed by atoms with Crippen molar-refractivity contribution in [2.75, 3.05) is 13.2 Å². The standard InChI is InChI=1S/C5H9NO/c1-4-3-7-5(1)2-6-4/h4-6H,1-3H2/t4-,5-/m1/s1/i/hD. The first-order valence-corrected chi connectivity index (χ1v) is 2.73. The van der Waals surface area contributed by atoms with Crippen LogP contribution in [-0.2, 0) is 4.74 Å². The Morgan fingerprint density at radius 2 is 2.86 bits per heavy atom. The Hall–Kier alpha value is -0.0800. The van der Waals surface area contributed by atoms with Crippen molar-refractivity contribution in [2.45, 2.75) is 18.6 Å². The third kappa shape index (κ3) is 0.469. The molecule has 2 aliphatic heterocycles. The van der Waals surface area contributed by atoms with Crippen molar-refractivity contribution < 1.29 is 6.15 Å². The third-order valence-corrected chi connectivity index (χ3v) is 1.63. The molecule has 2 atom stereocenters. The van der Waals surface area contributed by atoms with E-state index < -0.39 is 0 Å². The second-order valence-electron chi connectivity index (χ2n) is 2.21. The number of hydrogen-bond donors (Lipinski definition) is 1. The molecule has 2 heteroatoms. The molecule has 2 saturated heterocycles. The zero-order valence-electron chi connectivity index (χ0n) is 5.13. The molecule has 40 valence electrons. The fourth-order valence-electron chi connectivity index (χ4n) is 1.21. The van der Waals surface area contributed by atoms with Crippen LogP contribution in [-0.4, -0.2) is 25.3 Å². The molecule has 0 saturated carbocycles. The predicted octanol–water partition coefficient (Wildman–Crippen LogP) is -0.253. The van der Waals surface area contributed by atoms with Crippen LogP contribution in [0.5, 0.6) is 0 Å². The van der Waals surface area contributed by atoms with Crippen LogP contribution in [0.4, 0.5) is 0 Å². The normalized spacial score (nSPS) is 52.9. The first-order valence-electron chi connectivity index (χ1n) is 3.18. The molecule has 0 aromatic carbocycles. The van der Waals surface area contributed by atoms with Gasteiger partial charge >= 0.3 is 0 Å². The van der Waals surface area contributed by atoms with Gasteiger partial charge in [0.1, 0.15) is 1.41 Å². The molecule has 0 radical (unpaired) electrons. The minimum atomic E-state index is 0.387. The average Bonchev–Trinajstić information content (AvgIpc) is 2.23. The van der Waals surface area contributed by atoms with Gasteiger partial charge in [-0.1, -0.05) is 0 Å². The second kappa shape index (κ2) is 1.20. The average molecular weight is 100 g/mol. The van der Waals surface area contributed by atoms with Crippen molar-refractivity contribution >= 4 is 0 Å². The van der Waals surface area contributed by atoms with Crippen molar-refractivity contribution in [3.8, 4) is 0 Å². The molecule has 2 rings (SSSR count). The lowest BCUT2D eigenvalue weighted by molar-refractivity contribution is 0.0892. The summed E-state index contributed by atoms with van der Waals surface area (Å²) in [6.45, 7) is 1.61. The summed E-state index contributed by atoms with van der Waals surface area (Å²) < 4.78 is 12.5. The number of hydrogen-bond acceptors (Lipinski definition) is 2. The van der Waals surface area contributed by atoms with Gasteiger partial charge in [-0.2, -0.15) is 0 Å². The van der Waals surface area contributed by atoms with Gasteiger partial charge in [-0.05, 0) is 6.42 Å². The molecule has 2 bridgehead atoms. The molecule has 2 fully saturated rings. The molecule has 0 aromatic heterocycles. The van der Waals surface area contributed by atoms with Gasteiger partial charge in [0.2, 0.25) is 0 Å². The summed E-state index contributed by atoms with van der Waals surface area (Å²) >= 11 is 0. The van der Waals surface area contributed by atoms with Crippen molar-refractivity contribution in [3.63, 3.8) is 0 Å². The van der Waals surface area contributed by atoms with E-state index in [1.807, 2.05) is 0 Å². The SMILES string of the molecule is [2H]N1C[C@H]2C[C@@H]1CO2. The van der Waals surface area contributed by atoms with Crippen molar-refractivity contribution in [2.24, 2.45) is 0 Å². The highest BCUT2D eigenvalue weighted by Gasteiger charge is 2.31. The van der Waals surface area contributed by atoms with E-state index in [9.17, 15) is 0 Å².